The molecule has 0 saturated carbocycles. The maximum Gasteiger partial charge on any atom is 0.303 e. The summed E-state index contributed by atoms with van der Waals surface area (Å²) in [5, 5.41) is 8.52. The topological polar surface area (TPSA) is 37.3 Å². The molecule has 12 heavy (non-hydrogen) atoms. The van der Waals surface area contributed by atoms with Crippen LogP contribution in [0, 0.1) is 0 Å². The van der Waals surface area contributed by atoms with Crippen LogP contribution in [0.25, 0.3) is 0 Å². The molecule has 3 heteroatoms. The fourth-order valence-electron chi connectivity index (χ4n) is 0.415. The number of carboxylic acids is 1. The molecular weight excluding hydrogens is 176 g/mol. The van der Waals surface area contributed by atoms with Crippen LogP contribution in [0.15, 0.2) is 30.3 Å². The van der Waals surface area contributed by atoms with Gasteiger partial charge in [0, 0.05) is 11.4 Å². The van der Waals surface area contributed by atoms with Crippen molar-refractivity contribution in [2.75, 3.05) is 0 Å². The molecule has 66 valence electrons. The summed E-state index contributed by atoms with van der Waals surface area (Å²) in [4.78, 5) is 9.37. The van der Waals surface area contributed by atoms with Gasteiger partial charge in [-0.2, -0.15) is 0 Å². The maximum atomic E-state index is 9.37. The highest BCUT2D eigenvalue weighted by atomic mass is 35.5. The van der Waals surface area contributed by atoms with Gasteiger partial charge in [-0.25, -0.2) is 0 Å². The summed E-state index contributed by atoms with van der Waals surface area (Å²) in [5.41, 5.74) is 0. The van der Waals surface area contributed by atoms with E-state index in [1.165, 1.54) is 0 Å². The van der Waals surface area contributed by atoms with Crippen LogP contribution in [-0.2, 0) is 4.79 Å². The van der Waals surface area contributed by atoms with Crippen LogP contribution in [0.5, 0.6) is 0 Å². The molecule has 0 bridgehead atoms. The first kappa shape index (κ1) is 11.0. The van der Waals surface area contributed by atoms with Crippen molar-refractivity contribution in [3.05, 3.63) is 35.4 Å². The smallest absolute Gasteiger partial charge is 0.303 e. The Hall–Kier alpha value is -1.02. The fraction of sp³-hybridized carbons (Fsp3) is 0.222. The van der Waals surface area contributed by atoms with E-state index in [9.17, 15) is 4.79 Å². The maximum absolute atomic E-state index is 9.37. The van der Waals surface area contributed by atoms with Crippen molar-refractivity contribution in [2.24, 2.45) is 0 Å². The van der Waals surface area contributed by atoms with Crippen LogP contribution in [0.2, 0.25) is 5.02 Å². The molecule has 0 unspecified atom stereocenters. The van der Waals surface area contributed by atoms with E-state index in [1.807, 2.05) is 30.3 Å². The number of carboxylic acid groups (broad SMARTS) is 1. The Morgan fingerprint density at radius 2 is 1.83 bits per heavy atom. The highest BCUT2D eigenvalue weighted by molar-refractivity contribution is 6.30. The number of hydrogen-bond donors (Lipinski definition) is 1. The molecule has 0 aromatic heterocycles. The Labute approximate surface area is 76.8 Å². The summed E-state index contributed by atoms with van der Waals surface area (Å²) >= 11 is 5.54. The Kier molecular flexibility index (Phi) is 6.11. The second-order valence-electron chi connectivity index (χ2n) is 2.04. The van der Waals surface area contributed by atoms with Crippen LogP contribution in [0.4, 0.5) is 0 Å². The first-order chi connectivity index (χ1) is 5.66. The lowest BCUT2D eigenvalue weighted by Gasteiger charge is -1.80. The van der Waals surface area contributed by atoms with Crippen molar-refractivity contribution in [1.29, 1.82) is 0 Å². The summed E-state index contributed by atoms with van der Waals surface area (Å²) < 4.78 is 0. The van der Waals surface area contributed by atoms with E-state index in [4.69, 9.17) is 16.7 Å². The van der Waals surface area contributed by atoms with Gasteiger partial charge in [-0.1, -0.05) is 36.7 Å². The second-order valence-corrected chi connectivity index (χ2v) is 2.48. The molecule has 0 aliphatic heterocycles. The minimum absolute atomic E-state index is 0.222. The van der Waals surface area contributed by atoms with Crippen LogP contribution in [0.3, 0.4) is 0 Å². The van der Waals surface area contributed by atoms with Crippen LogP contribution < -0.4 is 0 Å². The molecule has 0 aliphatic rings. The molecule has 0 aliphatic carbocycles. The van der Waals surface area contributed by atoms with E-state index in [-0.39, 0.29) is 6.42 Å². The van der Waals surface area contributed by atoms with Crippen molar-refractivity contribution in [3.8, 4) is 0 Å². The molecule has 0 fully saturated rings. The standard InChI is InChI=1S/C6H5Cl.C3H6O2/c7-6-4-2-1-3-5-6;1-2-3(4)5/h1-5H;2H2,1H3,(H,4,5). The number of halogens is 1. The molecule has 0 heterocycles. The van der Waals surface area contributed by atoms with E-state index < -0.39 is 5.97 Å². The fourth-order valence-corrected chi connectivity index (χ4v) is 0.560. The lowest BCUT2D eigenvalue weighted by molar-refractivity contribution is -0.136. The van der Waals surface area contributed by atoms with Crippen LogP contribution in [0.1, 0.15) is 13.3 Å². The van der Waals surface area contributed by atoms with Crippen molar-refractivity contribution in [2.45, 2.75) is 13.3 Å². The monoisotopic (exact) mass is 186 g/mol. The third-order valence-corrected chi connectivity index (χ3v) is 1.29. The van der Waals surface area contributed by atoms with Gasteiger partial charge in [-0.15, -0.1) is 0 Å². The predicted octanol–water partition coefficient (Wildman–Crippen LogP) is 2.82. The Morgan fingerprint density at radius 1 is 1.42 bits per heavy atom. The first-order valence-corrected chi connectivity index (χ1v) is 3.97. The molecule has 1 rings (SSSR count). The van der Waals surface area contributed by atoms with Crippen molar-refractivity contribution >= 4 is 17.6 Å². The van der Waals surface area contributed by atoms with E-state index in [1.54, 1.807) is 6.92 Å². The molecule has 1 N–H and O–H groups in total. The Balaban J connectivity index is 0.000000217. The largest absolute Gasteiger partial charge is 0.481 e. The molecule has 0 atom stereocenters. The van der Waals surface area contributed by atoms with Gasteiger partial charge in [0.2, 0.25) is 0 Å². The van der Waals surface area contributed by atoms with E-state index >= 15 is 0 Å². The SMILES string of the molecule is CCC(=O)O.Clc1ccccc1. The van der Waals surface area contributed by atoms with Gasteiger partial charge in [0.1, 0.15) is 0 Å². The lowest BCUT2D eigenvalue weighted by atomic mass is 10.4. The molecular formula is C9H11ClO2. The molecule has 0 saturated heterocycles. The molecule has 1 aromatic rings. The van der Waals surface area contributed by atoms with Gasteiger partial charge in [0.25, 0.3) is 0 Å². The number of aliphatic carboxylic acids is 1. The zero-order valence-electron chi connectivity index (χ0n) is 6.83. The van der Waals surface area contributed by atoms with E-state index in [0.717, 1.165) is 5.02 Å². The average molecular weight is 187 g/mol. The van der Waals surface area contributed by atoms with Crippen molar-refractivity contribution in [1.82, 2.24) is 0 Å². The van der Waals surface area contributed by atoms with Crippen molar-refractivity contribution in [3.63, 3.8) is 0 Å². The van der Waals surface area contributed by atoms with Gasteiger partial charge in [-0.05, 0) is 12.1 Å². The number of carbonyl (C=O) groups is 1. The van der Waals surface area contributed by atoms with Gasteiger partial charge < -0.3 is 5.11 Å². The summed E-state index contributed by atoms with van der Waals surface area (Å²) in [5.74, 6) is -0.745. The third kappa shape index (κ3) is 7.09. The molecule has 0 amide bonds. The van der Waals surface area contributed by atoms with Gasteiger partial charge in [-0.3, -0.25) is 4.79 Å². The molecule has 1 aromatic carbocycles. The quantitative estimate of drug-likeness (QED) is 0.733. The zero-order valence-corrected chi connectivity index (χ0v) is 7.58. The summed E-state index contributed by atoms with van der Waals surface area (Å²) in [6.07, 6.45) is 0.222. The highest BCUT2D eigenvalue weighted by Crippen LogP contribution is 2.03. The Bertz CT molecular complexity index is 221. The highest BCUT2D eigenvalue weighted by Gasteiger charge is 1.80. The first-order valence-electron chi connectivity index (χ1n) is 3.59. The minimum atomic E-state index is -0.745. The van der Waals surface area contributed by atoms with Gasteiger partial charge >= 0.3 is 5.97 Å². The molecule has 0 radical (unpaired) electrons. The summed E-state index contributed by atoms with van der Waals surface area (Å²) in [6.45, 7) is 1.60. The normalized spacial score (nSPS) is 8.17. The minimum Gasteiger partial charge on any atom is -0.481 e. The third-order valence-electron chi connectivity index (χ3n) is 1.04. The van der Waals surface area contributed by atoms with Crippen LogP contribution in [-0.4, -0.2) is 11.1 Å². The average Bonchev–Trinajstić information content (AvgIpc) is 2.07. The molecule has 0 spiro atoms. The van der Waals surface area contributed by atoms with E-state index in [2.05, 4.69) is 0 Å². The van der Waals surface area contributed by atoms with Crippen LogP contribution >= 0.6 is 11.6 Å². The zero-order chi connectivity index (χ0) is 9.40. The lowest BCUT2D eigenvalue weighted by Crippen LogP contribution is -1.86. The van der Waals surface area contributed by atoms with E-state index in [0.29, 0.717) is 0 Å². The second kappa shape index (κ2) is 6.68. The number of hydrogen-bond acceptors (Lipinski definition) is 1. The van der Waals surface area contributed by atoms with Crippen molar-refractivity contribution < 1.29 is 9.90 Å². The molecule has 2 nitrogen and oxygen atoms in total. The summed E-state index contributed by atoms with van der Waals surface area (Å²) in [7, 11) is 0. The predicted molar refractivity (Wildman–Crippen MR) is 49.4 cm³/mol. The number of benzene rings is 1. The number of rotatable bonds is 1. The van der Waals surface area contributed by atoms with Gasteiger partial charge in [0.05, 0.1) is 0 Å². The van der Waals surface area contributed by atoms with Gasteiger partial charge in [0.15, 0.2) is 0 Å². The summed E-state index contributed by atoms with van der Waals surface area (Å²) in [6, 6.07) is 9.44. The Morgan fingerprint density at radius 3 is 2.00 bits per heavy atom.